The van der Waals surface area contributed by atoms with Gasteiger partial charge < -0.3 is 10.3 Å². The SMILES string of the molecule is NCc1cccc(-c2nncn2C2CC2)c1. The van der Waals surface area contributed by atoms with Crippen LogP contribution in [0.5, 0.6) is 0 Å². The van der Waals surface area contributed by atoms with Gasteiger partial charge in [0.05, 0.1) is 0 Å². The molecule has 4 nitrogen and oxygen atoms in total. The van der Waals surface area contributed by atoms with Crippen molar-refractivity contribution in [2.24, 2.45) is 5.73 Å². The molecule has 1 saturated carbocycles. The monoisotopic (exact) mass is 214 g/mol. The van der Waals surface area contributed by atoms with Crippen LogP contribution in [0.15, 0.2) is 30.6 Å². The van der Waals surface area contributed by atoms with Crippen LogP contribution in [0.4, 0.5) is 0 Å². The summed E-state index contributed by atoms with van der Waals surface area (Å²) in [5.74, 6) is 0.956. The van der Waals surface area contributed by atoms with E-state index >= 15 is 0 Å². The smallest absolute Gasteiger partial charge is 0.164 e. The first-order valence-electron chi connectivity index (χ1n) is 5.57. The highest BCUT2D eigenvalue weighted by molar-refractivity contribution is 5.56. The zero-order chi connectivity index (χ0) is 11.0. The maximum atomic E-state index is 5.64. The van der Waals surface area contributed by atoms with Crippen molar-refractivity contribution in [2.75, 3.05) is 0 Å². The molecule has 0 amide bonds. The predicted octanol–water partition coefficient (Wildman–Crippen LogP) is 1.74. The lowest BCUT2D eigenvalue weighted by Gasteiger charge is -2.05. The fourth-order valence-corrected chi connectivity index (χ4v) is 1.91. The summed E-state index contributed by atoms with van der Waals surface area (Å²) >= 11 is 0. The number of hydrogen-bond donors (Lipinski definition) is 1. The number of benzene rings is 1. The highest BCUT2D eigenvalue weighted by Gasteiger charge is 2.26. The van der Waals surface area contributed by atoms with Crippen molar-refractivity contribution in [2.45, 2.75) is 25.4 Å². The van der Waals surface area contributed by atoms with Crippen molar-refractivity contribution < 1.29 is 0 Å². The molecule has 82 valence electrons. The molecular formula is C12H14N4. The number of aromatic nitrogens is 3. The number of hydrogen-bond acceptors (Lipinski definition) is 3. The molecule has 1 fully saturated rings. The van der Waals surface area contributed by atoms with Gasteiger partial charge >= 0.3 is 0 Å². The summed E-state index contributed by atoms with van der Waals surface area (Å²) in [5.41, 5.74) is 7.87. The van der Waals surface area contributed by atoms with Crippen LogP contribution in [-0.4, -0.2) is 14.8 Å². The summed E-state index contributed by atoms with van der Waals surface area (Å²) < 4.78 is 2.16. The third-order valence-corrected chi connectivity index (χ3v) is 2.93. The van der Waals surface area contributed by atoms with E-state index in [2.05, 4.69) is 26.9 Å². The van der Waals surface area contributed by atoms with Crippen molar-refractivity contribution >= 4 is 0 Å². The van der Waals surface area contributed by atoms with Gasteiger partial charge in [0, 0.05) is 18.2 Å². The molecule has 0 spiro atoms. The summed E-state index contributed by atoms with van der Waals surface area (Å²) in [6, 6.07) is 8.79. The minimum Gasteiger partial charge on any atom is -0.326 e. The van der Waals surface area contributed by atoms with Crippen molar-refractivity contribution in [3.05, 3.63) is 36.2 Å². The molecule has 4 heteroatoms. The Morgan fingerprint density at radius 3 is 3.00 bits per heavy atom. The number of rotatable bonds is 3. The van der Waals surface area contributed by atoms with Gasteiger partial charge in [-0.3, -0.25) is 0 Å². The van der Waals surface area contributed by atoms with E-state index in [9.17, 15) is 0 Å². The first-order valence-corrected chi connectivity index (χ1v) is 5.57. The van der Waals surface area contributed by atoms with E-state index in [1.54, 1.807) is 0 Å². The minimum atomic E-state index is 0.561. The molecule has 1 aliphatic carbocycles. The number of nitrogens with zero attached hydrogens (tertiary/aromatic N) is 3. The van der Waals surface area contributed by atoms with Crippen LogP contribution >= 0.6 is 0 Å². The van der Waals surface area contributed by atoms with Gasteiger partial charge in [-0.25, -0.2) is 0 Å². The Balaban J connectivity index is 2.03. The summed E-state index contributed by atoms with van der Waals surface area (Å²) in [7, 11) is 0. The van der Waals surface area contributed by atoms with Crippen LogP contribution in [0, 0.1) is 0 Å². The average Bonchev–Trinajstić information content (AvgIpc) is 3.07. The summed E-state index contributed by atoms with van der Waals surface area (Å²) in [5, 5.41) is 8.19. The molecule has 0 aliphatic heterocycles. The predicted molar refractivity (Wildman–Crippen MR) is 61.6 cm³/mol. The van der Waals surface area contributed by atoms with E-state index in [1.165, 1.54) is 12.8 Å². The van der Waals surface area contributed by atoms with E-state index < -0.39 is 0 Å². The Hall–Kier alpha value is -1.68. The second-order valence-electron chi connectivity index (χ2n) is 4.20. The Bertz CT molecular complexity index is 499. The normalized spacial score (nSPS) is 15.3. The molecule has 3 rings (SSSR count). The maximum Gasteiger partial charge on any atom is 0.164 e. The second kappa shape index (κ2) is 3.72. The van der Waals surface area contributed by atoms with Crippen molar-refractivity contribution in [1.82, 2.24) is 14.8 Å². The van der Waals surface area contributed by atoms with Crippen LogP contribution < -0.4 is 5.73 Å². The third kappa shape index (κ3) is 1.61. The first-order chi connectivity index (χ1) is 7.88. The van der Waals surface area contributed by atoms with Crippen molar-refractivity contribution in [1.29, 1.82) is 0 Å². The highest BCUT2D eigenvalue weighted by Crippen LogP contribution is 2.37. The molecule has 2 aromatic rings. The van der Waals surface area contributed by atoms with Crippen LogP contribution in [0.2, 0.25) is 0 Å². The zero-order valence-corrected chi connectivity index (χ0v) is 9.00. The zero-order valence-electron chi connectivity index (χ0n) is 9.00. The van der Waals surface area contributed by atoms with E-state index in [4.69, 9.17) is 5.73 Å². The van der Waals surface area contributed by atoms with Gasteiger partial charge in [-0.05, 0) is 24.5 Å². The van der Waals surface area contributed by atoms with E-state index in [0.29, 0.717) is 12.6 Å². The molecule has 0 saturated heterocycles. The molecule has 1 aromatic heterocycles. The fraction of sp³-hybridized carbons (Fsp3) is 0.333. The third-order valence-electron chi connectivity index (χ3n) is 2.93. The summed E-state index contributed by atoms with van der Waals surface area (Å²) in [6.07, 6.45) is 4.30. The maximum absolute atomic E-state index is 5.64. The van der Waals surface area contributed by atoms with Crippen LogP contribution in [0.3, 0.4) is 0 Å². The molecule has 16 heavy (non-hydrogen) atoms. The molecule has 1 heterocycles. The lowest BCUT2D eigenvalue weighted by molar-refractivity contribution is 0.746. The van der Waals surface area contributed by atoms with Crippen LogP contribution in [0.1, 0.15) is 24.4 Å². The lowest BCUT2D eigenvalue weighted by atomic mass is 10.1. The quantitative estimate of drug-likeness (QED) is 0.846. The molecule has 1 aromatic carbocycles. The topological polar surface area (TPSA) is 56.7 Å². The van der Waals surface area contributed by atoms with Gasteiger partial charge in [0.1, 0.15) is 6.33 Å². The van der Waals surface area contributed by atoms with Crippen LogP contribution in [0.25, 0.3) is 11.4 Å². The fourth-order valence-electron chi connectivity index (χ4n) is 1.91. The van der Waals surface area contributed by atoms with Gasteiger partial charge in [0.2, 0.25) is 0 Å². The highest BCUT2D eigenvalue weighted by atomic mass is 15.3. The Morgan fingerprint density at radius 2 is 2.25 bits per heavy atom. The standard InChI is InChI=1S/C12H14N4/c13-7-9-2-1-3-10(6-9)12-15-14-8-16(12)11-4-5-11/h1-3,6,8,11H,4-5,7,13H2. The molecule has 2 N–H and O–H groups in total. The average molecular weight is 214 g/mol. The molecule has 1 aliphatic rings. The van der Waals surface area contributed by atoms with Gasteiger partial charge in [-0.15, -0.1) is 10.2 Å². The molecule has 0 atom stereocenters. The van der Waals surface area contributed by atoms with Gasteiger partial charge in [-0.2, -0.15) is 0 Å². The van der Waals surface area contributed by atoms with E-state index in [-0.39, 0.29) is 0 Å². The van der Waals surface area contributed by atoms with Crippen molar-refractivity contribution in [3.8, 4) is 11.4 Å². The van der Waals surface area contributed by atoms with Gasteiger partial charge in [-0.1, -0.05) is 18.2 Å². The van der Waals surface area contributed by atoms with Gasteiger partial charge in [0.25, 0.3) is 0 Å². The van der Waals surface area contributed by atoms with E-state index in [0.717, 1.165) is 17.0 Å². The molecule has 0 unspecified atom stereocenters. The largest absolute Gasteiger partial charge is 0.326 e. The number of nitrogens with two attached hydrogens (primary N) is 1. The Labute approximate surface area is 94.1 Å². The van der Waals surface area contributed by atoms with Gasteiger partial charge in [0.15, 0.2) is 5.82 Å². The van der Waals surface area contributed by atoms with E-state index in [1.807, 2.05) is 18.5 Å². The minimum absolute atomic E-state index is 0.561. The molecule has 0 radical (unpaired) electrons. The van der Waals surface area contributed by atoms with Crippen LogP contribution in [-0.2, 0) is 6.54 Å². The Kier molecular flexibility index (Phi) is 2.22. The Morgan fingerprint density at radius 1 is 1.38 bits per heavy atom. The second-order valence-corrected chi connectivity index (χ2v) is 4.20. The van der Waals surface area contributed by atoms with Crippen molar-refractivity contribution in [3.63, 3.8) is 0 Å². The lowest BCUT2D eigenvalue weighted by Crippen LogP contribution is -1.99. The summed E-state index contributed by atoms with van der Waals surface area (Å²) in [4.78, 5) is 0. The molecule has 0 bridgehead atoms. The molecular weight excluding hydrogens is 200 g/mol. The summed E-state index contributed by atoms with van der Waals surface area (Å²) in [6.45, 7) is 0.561. The first kappa shape index (κ1) is 9.54.